The Morgan fingerprint density at radius 1 is 0.957 bits per heavy atom. The first-order valence-corrected chi connectivity index (χ1v) is 17.4. The number of piperidine rings is 1. The fourth-order valence-electron chi connectivity index (χ4n) is 7.42. The summed E-state index contributed by atoms with van der Waals surface area (Å²) in [6, 6.07) is 5.54. The van der Waals surface area contributed by atoms with Gasteiger partial charge in [0.2, 0.25) is 5.91 Å². The van der Waals surface area contributed by atoms with Crippen LogP contribution in [0.4, 0.5) is 0 Å². The van der Waals surface area contributed by atoms with Gasteiger partial charge in [0.05, 0.1) is 42.7 Å². The minimum atomic E-state index is -1.02. The number of aryl methyl sites for hydroxylation is 1. The van der Waals surface area contributed by atoms with E-state index in [1.165, 1.54) is 51.5 Å². The molecule has 4 unspecified atom stereocenters. The topological polar surface area (TPSA) is 104 Å². The molecule has 10 nitrogen and oxygen atoms in total. The first-order valence-electron chi connectivity index (χ1n) is 15.7. The van der Waals surface area contributed by atoms with Gasteiger partial charge in [0.1, 0.15) is 0 Å². The molecule has 3 fully saturated rings. The molecule has 5 heterocycles. The zero-order valence-corrected chi connectivity index (χ0v) is 28.4. The first kappa shape index (κ1) is 33.0. The Balaban J connectivity index is 1.31. The number of rotatable bonds is 9. The quantitative estimate of drug-likeness (QED) is 0.388. The number of hydrogen-bond acceptors (Lipinski definition) is 10. The van der Waals surface area contributed by atoms with Crippen molar-refractivity contribution in [1.29, 1.82) is 0 Å². The molecule has 1 N–H and O–H groups in total. The van der Waals surface area contributed by atoms with Gasteiger partial charge in [0.25, 0.3) is 0 Å². The highest BCUT2D eigenvalue weighted by Crippen LogP contribution is 2.46. The summed E-state index contributed by atoms with van der Waals surface area (Å²) in [4.78, 5) is 52.4. The molecule has 246 valence electrons. The number of methoxy groups -OCH3 is 2. The maximum Gasteiger partial charge on any atom is 0.336 e. The number of carbonyl (C=O) groups is 3. The number of ether oxygens (including phenoxy) is 2. The Labute approximate surface area is 283 Å². The maximum atomic E-state index is 13.9. The molecule has 4 aliphatic heterocycles. The molecule has 0 radical (unpaired) electrons. The highest BCUT2D eigenvalue weighted by atomic mass is 35.5. The average molecular weight is 689 g/mol. The third-order valence-corrected chi connectivity index (χ3v) is 11.2. The standard InChI is InChI=1S/C33H39Cl2N5O5S/c1-44-32(42)29-24(6-7-26-36-9-15-46-26)37-25(30(33(43)45-2)31(29)28-22(34)4-3-5-23(28)35)17-27(41)40-13-11-39(12-14-40)21-16-20-8-10-38(18-20)19-21/h3-5,9,15,20-21,31,37H,6-8,10-14,16-19H2,1-2H3. The summed E-state index contributed by atoms with van der Waals surface area (Å²) >= 11 is 15.0. The normalized spacial score (nSPS) is 25.0. The molecular formula is C33H39Cl2N5O5S. The van der Waals surface area contributed by atoms with Crippen LogP contribution in [0.25, 0.3) is 0 Å². The lowest BCUT2D eigenvalue weighted by atomic mass is 9.78. The molecule has 2 bridgehead atoms. The summed E-state index contributed by atoms with van der Waals surface area (Å²) in [7, 11) is 2.56. The Morgan fingerprint density at radius 3 is 2.28 bits per heavy atom. The number of nitrogens with one attached hydrogen (secondary N) is 1. The van der Waals surface area contributed by atoms with Crippen LogP contribution in [0.15, 0.2) is 52.3 Å². The van der Waals surface area contributed by atoms with Crippen LogP contribution in [0.3, 0.4) is 0 Å². The second kappa shape index (κ2) is 14.4. The van der Waals surface area contributed by atoms with E-state index in [2.05, 4.69) is 20.1 Å². The van der Waals surface area contributed by atoms with Crippen molar-refractivity contribution in [3.63, 3.8) is 0 Å². The molecule has 13 heteroatoms. The number of amides is 1. The van der Waals surface area contributed by atoms with Gasteiger partial charge < -0.3 is 24.6 Å². The smallest absolute Gasteiger partial charge is 0.336 e. The van der Waals surface area contributed by atoms with E-state index in [0.717, 1.165) is 30.6 Å². The Hall–Kier alpha value is -2.96. The van der Waals surface area contributed by atoms with Crippen molar-refractivity contribution in [1.82, 2.24) is 25.0 Å². The number of hydrogen-bond donors (Lipinski definition) is 1. The lowest BCUT2D eigenvalue weighted by Gasteiger charge is -2.43. The summed E-state index contributed by atoms with van der Waals surface area (Å²) in [5.41, 5.74) is 1.55. The van der Waals surface area contributed by atoms with Gasteiger partial charge in [-0.05, 0) is 43.9 Å². The van der Waals surface area contributed by atoms with E-state index in [1.54, 1.807) is 24.4 Å². The van der Waals surface area contributed by atoms with Crippen LogP contribution < -0.4 is 5.32 Å². The van der Waals surface area contributed by atoms with Gasteiger partial charge in [-0.15, -0.1) is 11.3 Å². The summed E-state index contributed by atoms with van der Waals surface area (Å²) < 4.78 is 10.5. The predicted molar refractivity (Wildman–Crippen MR) is 177 cm³/mol. The van der Waals surface area contributed by atoms with Crippen LogP contribution in [0.2, 0.25) is 10.0 Å². The van der Waals surface area contributed by atoms with Crippen LogP contribution in [-0.4, -0.2) is 104 Å². The Bertz CT molecular complexity index is 1510. The molecule has 46 heavy (non-hydrogen) atoms. The maximum absolute atomic E-state index is 13.9. The number of halogens is 2. The van der Waals surface area contributed by atoms with Gasteiger partial charge in [0.15, 0.2) is 0 Å². The molecule has 1 amide bonds. The largest absolute Gasteiger partial charge is 0.466 e. The molecular weight excluding hydrogens is 649 g/mol. The second-order valence-electron chi connectivity index (χ2n) is 12.3. The van der Waals surface area contributed by atoms with E-state index in [4.69, 9.17) is 32.7 Å². The van der Waals surface area contributed by atoms with Crippen LogP contribution in [0.5, 0.6) is 0 Å². The molecule has 0 aliphatic carbocycles. The molecule has 0 spiro atoms. The van der Waals surface area contributed by atoms with Crippen LogP contribution >= 0.6 is 34.5 Å². The molecule has 1 aromatic carbocycles. The molecule has 4 atom stereocenters. The predicted octanol–water partition coefficient (Wildman–Crippen LogP) is 4.25. The van der Waals surface area contributed by atoms with E-state index in [0.29, 0.717) is 48.9 Å². The monoisotopic (exact) mass is 687 g/mol. The van der Waals surface area contributed by atoms with Gasteiger partial charge >= 0.3 is 11.9 Å². The van der Waals surface area contributed by atoms with Crippen molar-refractivity contribution >= 4 is 52.4 Å². The number of benzene rings is 1. The van der Waals surface area contributed by atoms with Crippen molar-refractivity contribution in [2.45, 2.75) is 44.1 Å². The molecule has 1 aromatic heterocycles. The summed E-state index contributed by atoms with van der Waals surface area (Å²) in [6.07, 6.45) is 5.07. The fourth-order valence-corrected chi connectivity index (χ4v) is 8.66. The van der Waals surface area contributed by atoms with E-state index >= 15 is 0 Å². The number of aromatic nitrogens is 1. The summed E-state index contributed by atoms with van der Waals surface area (Å²) in [5, 5.41) is 6.64. The van der Waals surface area contributed by atoms with Crippen molar-refractivity contribution in [2.24, 2.45) is 5.92 Å². The number of fused-ring (bicyclic) bond motifs is 2. The second-order valence-corrected chi connectivity index (χ2v) is 14.1. The summed E-state index contributed by atoms with van der Waals surface area (Å²) in [5.74, 6) is -1.68. The van der Waals surface area contributed by atoms with Crippen LogP contribution in [0, 0.1) is 5.92 Å². The van der Waals surface area contributed by atoms with Crippen molar-refractivity contribution in [2.75, 3.05) is 60.0 Å². The highest BCUT2D eigenvalue weighted by molar-refractivity contribution is 7.09. The Kier molecular flexibility index (Phi) is 10.3. The Morgan fingerprint density at radius 2 is 1.65 bits per heavy atom. The van der Waals surface area contributed by atoms with Gasteiger partial charge in [-0.1, -0.05) is 29.3 Å². The third-order valence-electron chi connectivity index (χ3n) is 9.66. The molecule has 2 aromatic rings. The number of allylic oxidation sites excluding steroid dienone is 1. The lowest BCUT2D eigenvalue weighted by Crippen LogP contribution is -2.56. The molecule has 6 rings (SSSR count). The number of esters is 2. The van der Waals surface area contributed by atoms with Crippen molar-refractivity contribution < 1.29 is 23.9 Å². The molecule has 3 saturated heterocycles. The van der Waals surface area contributed by atoms with Crippen molar-refractivity contribution in [3.05, 3.63) is 72.9 Å². The zero-order chi connectivity index (χ0) is 32.4. The number of dihydropyridines is 1. The number of carbonyl (C=O) groups excluding carboxylic acids is 3. The van der Waals surface area contributed by atoms with Crippen LogP contribution in [-0.2, 0) is 30.3 Å². The minimum absolute atomic E-state index is 0.0858. The van der Waals surface area contributed by atoms with Gasteiger partial charge in [-0.3, -0.25) is 9.69 Å². The fraction of sp³-hybridized carbons (Fsp3) is 0.515. The SMILES string of the molecule is COC(=O)C1=C(CCc2nccs2)NC(CC(=O)N2CCN(C3CC4CCN(C4)C3)CC2)=C(C(=O)OC)C1c1c(Cl)cccc1Cl. The molecule has 0 saturated carbocycles. The highest BCUT2D eigenvalue weighted by Gasteiger charge is 2.42. The number of piperazine rings is 1. The van der Waals surface area contributed by atoms with E-state index in [-0.39, 0.29) is 33.5 Å². The van der Waals surface area contributed by atoms with E-state index < -0.39 is 17.9 Å². The first-order chi connectivity index (χ1) is 22.3. The molecule has 4 aliphatic rings. The lowest BCUT2D eigenvalue weighted by molar-refractivity contribution is -0.137. The van der Waals surface area contributed by atoms with E-state index in [9.17, 15) is 14.4 Å². The number of nitrogens with zero attached hydrogens (tertiary/aromatic N) is 4. The van der Waals surface area contributed by atoms with Gasteiger partial charge in [-0.25, -0.2) is 14.6 Å². The van der Waals surface area contributed by atoms with Crippen LogP contribution in [0.1, 0.15) is 42.2 Å². The third kappa shape index (κ3) is 6.85. The zero-order valence-electron chi connectivity index (χ0n) is 26.1. The van der Waals surface area contributed by atoms with Gasteiger partial charge in [-0.2, -0.15) is 0 Å². The van der Waals surface area contributed by atoms with Crippen molar-refractivity contribution in [3.8, 4) is 0 Å². The number of thiazole rings is 1. The summed E-state index contributed by atoms with van der Waals surface area (Å²) in [6.45, 7) is 6.38. The van der Waals surface area contributed by atoms with E-state index in [1.807, 2.05) is 10.3 Å². The average Bonchev–Trinajstić information content (AvgIpc) is 3.71. The minimum Gasteiger partial charge on any atom is -0.466 e. The van der Waals surface area contributed by atoms with Gasteiger partial charge in [0, 0.05) is 90.3 Å².